The molecule has 28 heavy (non-hydrogen) atoms. The van der Waals surface area contributed by atoms with Gasteiger partial charge in [0.1, 0.15) is 0 Å². The Morgan fingerprint density at radius 3 is 2.75 bits per heavy atom. The SMILES string of the molecule is Cc1noc(C(=O)N[C@@H]2[C@@H](CCO)C[C@H]3C[C@@H]2C3(C)C)c1Sc1ccccc1. The lowest BCUT2D eigenvalue weighted by Gasteiger charge is -2.62. The minimum Gasteiger partial charge on any atom is -0.396 e. The van der Waals surface area contributed by atoms with Crippen LogP contribution >= 0.6 is 11.8 Å². The van der Waals surface area contributed by atoms with Gasteiger partial charge in [-0.2, -0.15) is 0 Å². The van der Waals surface area contributed by atoms with Gasteiger partial charge in [0.2, 0.25) is 5.76 Å². The number of amides is 1. The van der Waals surface area contributed by atoms with Crippen LogP contribution in [0.3, 0.4) is 0 Å². The lowest BCUT2D eigenvalue weighted by atomic mass is 9.44. The number of hydrogen-bond donors (Lipinski definition) is 2. The van der Waals surface area contributed by atoms with Crippen molar-refractivity contribution < 1.29 is 14.4 Å². The van der Waals surface area contributed by atoms with Crippen molar-refractivity contribution in [3.05, 3.63) is 41.8 Å². The van der Waals surface area contributed by atoms with E-state index in [1.807, 2.05) is 37.3 Å². The van der Waals surface area contributed by atoms with Crippen LogP contribution < -0.4 is 5.32 Å². The molecule has 2 N–H and O–H groups in total. The van der Waals surface area contributed by atoms with Gasteiger partial charge in [-0.05, 0) is 61.5 Å². The fourth-order valence-electron chi connectivity index (χ4n) is 5.04. The molecule has 0 saturated heterocycles. The predicted octanol–water partition coefficient (Wildman–Crippen LogP) is 4.30. The number of carbonyl (C=O) groups excluding carboxylic acids is 1. The number of aromatic nitrogens is 1. The maximum Gasteiger partial charge on any atom is 0.291 e. The molecular weight excluding hydrogens is 372 g/mol. The highest BCUT2D eigenvalue weighted by Gasteiger charge is 2.57. The van der Waals surface area contributed by atoms with E-state index in [4.69, 9.17) is 4.52 Å². The van der Waals surface area contributed by atoms with Gasteiger partial charge in [0.05, 0.1) is 10.6 Å². The molecule has 3 saturated carbocycles. The Morgan fingerprint density at radius 2 is 2.07 bits per heavy atom. The molecule has 2 aromatic rings. The minimum absolute atomic E-state index is 0.0691. The van der Waals surface area contributed by atoms with Crippen LogP contribution in [-0.2, 0) is 0 Å². The third kappa shape index (κ3) is 3.37. The van der Waals surface area contributed by atoms with E-state index in [0.717, 1.165) is 34.7 Å². The highest BCUT2D eigenvalue weighted by Crippen LogP contribution is 2.61. The van der Waals surface area contributed by atoms with Gasteiger partial charge in [-0.3, -0.25) is 4.79 Å². The molecule has 5 rings (SSSR count). The van der Waals surface area contributed by atoms with Crippen LogP contribution in [0.2, 0.25) is 0 Å². The summed E-state index contributed by atoms with van der Waals surface area (Å²) in [4.78, 5) is 15.0. The van der Waals surface area contributed by atoms with Crippen molar-refractivity contribution in [2.45, 2.75) is 55.9 Å². The van der Waals surface area contributed by atoms with E-state index in [0.29, 0.717) is 17.8 Å². The van der Waals surface area contributed by atoms with Crippen LogP contribution in [0.5, 0.6) is 0 Å². The molecule has 3 aliphatic rings. The monoisotopic (exact) mass is 400 g/mol. The number of carbonyl (C=O) groups is 1. The molecule has 1 heterocycles. The Kier molecular flexibility index (Phi) is 5.27. The highest BCUT2D eigenvalue weighted by atomic mass is 32.2. The number of nitrogens with zero attached hydrogens (tertiary/aromatic N) is 1. The smallest absolute Gasteiger partial charge is 0.291 e. The van der Waals surface area contributed by atoms with Crippen LogP contribution in [0.15, 0.2) is 44.6 Å². The van der Waals surface area contributed by atoms with Crippen molar-refractivity contribution in [3.63, 3.8) is 0 Å². The van der Waals surface area contributed by atoms with E-state index in [9.17, 15) is 9.90 Å². The zero-order valence-corrected chi connectivity index (χ0v) is 17.5. The van der Waals surface area contributed by atoms with Crippen molar-refractivity contribution in [1.82, 2.24) is 10.5 Å². The van der Waals surface area contributed by atoms with Crippen LogP contribution in [0.25, 0.3) is 0 Å². The maximum absolute atomic E-state index is 13.1. The normalized spacial score (nSPS) is 27.9. The van der Waals surface area contributed by atoms with Gasteiger partial charge in [-0.25, -0.2) is 0 Å². The second kappa shape index (κ2) is 7.56. The van der Waals surface area contributed by atoms with Gasteiger partial charge in [0.25, 0.3) is 5.91 Å². The number of fused-ring (bicyclic) bond motifs is 2. The van der Waals surface area contributed by atoms with Crippen LogP contribution in [0.4, 0.5) is 0 Å². The third-order valence-electron chi connectivity index (χ3n) is 6.85. The lowest BCUT2D eigenvalue weighted by Crippen LogP contribution is -2.63. The predicted molar refractivity (Wildman–Crippen MR) is 108 cm³/mol. The van der Waals surface area contributed by atoms with Crippen molar-refractivity contribution in [2.24, 2.45) is 23.2 Å². The summed E-state index contributed by atoms with van der Waals surface area (Å²) < 4.78 is 5.43. The second-order valence-electron chi connectivity index (χ2n) is 8.71. The fourth-order valence-corrected chi connectivity index (χ4v) is 5.97. The molecule has 4 atom stereocenters. The topological polar surface area (TPSA) is 75.4 Å². The molecule has 0 unspecified atom stereocenters. The first-order valence-electron chi connectivity index (χ1n) is 10.0. The quantitative estimate of drug-likeness (QED) is 0.756. The molecule has 3 aliphatic carbocycles. The minimum atomic E-state index is -0.201. The van der Waals surface area contributed by atoms with E-state index in [-0.39, 0.29) is 29.7 Å². The molecule has 1 amide bonds. The molecule has 1 aromatic heterocycles. The Morgan fingerprint density at radius 1 is 1.32 bits per heavy atom. The molecule has 0 spiro atoms. The molecule has 6 heteroatoms. The van der Waals surface area contributed by atoms with Crippen LogP contribution in [0, 0.1) is 30.1 Å². The number of rotatable bonds is 6. The third-order valence-corrected chi connectivity index (χ3v) is 8.04. The highest BCUT2D eigenvalue weighted by molar-refractivity contribution is 7.99. The zero-order chi connectivity index (χ0) is 19.9. The van der Waals surface area contributed by atoms with Gasteiger partial charge in [-0.1, -0.05) is 49.0 Å². The Hall–Kier alpha value is -1.79. The van der Waals surface area contributed by atoms with Gasteiger partial charge < -0.3 is 14.9 Å². The molecule has 2 bridgehead atoms. The summed E-state index contributed by atoms with van der Waals surface area (Å²) in [6.45, 7) is 6.62. The van der Waals surface area contributed by atoms with Crippen molar-refractivity contribution in [1.29, 1.82) is 0 Å². The molecule has 0 radical (unpaired) electrons. The molecule has 5 nitrogen and oxygen atoms in total. The largest absolute Gasteiger partial charge is 0.396 e. The van der Waals surface area contributed by atoms with E-state index in [2.05, 4.69) is 24.3 Å². The summed E-state index contributed by atoms with van der Waals surface area (Å²) >= 11 is 1.50. The maximum atomic E-state index is 13.1. The van der Waals surface area contributed by atoms with Crippen molar-refractivity contribution >= 4 is 17.7 Å². The van der Waals surface area contributed by atoms with Crippen molar-refractivity contribution in [3.8, 4) is 0 Å². The summed E-state index contributed by atoms with van der Waals surface area (Å²) in [5, 5.41) is 16.8. The average molecular weight is 401 g/mol. The summed E-state index contributed by atoms with van der Waals surface area (Å²) in [5.74, 6) is 1.54. The number of aryl methyl sites for hydroxylation is 1. The number of nitrogens with one attached hydrogen (secondary N) is 1. The Bertz CT molecular complexity index is 849. The summed E-state index contributed by atoms with van der Waals surface area (Å²) in [5.41, 5.74) is 0.960. The van der Waals surface area contributed by atoms with E-state index >= 15 is 0 Å². The number of benzene rings is 1. The summed E-state index contributed by atoms with van der Waals surface area (Å²) in [6, 6.07) is 10.0. The van der Waals surface area contributed by atoms with Gasteiger partial charge in [0.15, 0.2) is 0 Å². The first-order chi connectivity index (χ1) is 13.4. The fraction of sp³-hybridized carbons (Fsp3) is 0.545. The number of aliphatic hydroxyl groups is 1. The first-order valence-corrected chi connectivity index (χ1v) is 10.8. The van der Waals surface area contributed by atoms with Crippen LogP contribution in [0.1, 0.15) is 49.4 Å². The number of hydrogen-bond acceptors (Lipinski definition) is 5. The molecule has 150 valence electrons. The van der Waals surface area contributed by atoms with Gasteiger partial charge in [-0.15, -0.1) is 0 Å². The van der Waals surface area contributed by atoms with E-state index < -0.39 is 0 Å². The summed E-state index contributed by atoms with van der Waals surface area (Å²) in [6.07, 6.45) is 2.95. The Balaban J connectivity index is 1.55. The molecule has 3 fully saturated rings. The lowest BCUT2D eigenvalue weighted by molar-refractivity contribution is -0.114. The zero-order valence-electron chi connectivity index (χ0n) is 16.6. The molecule has 1 aromatic carbocycles. The molecular formula is C22H28N2O3S. The average Bonchev–Trinajstić information content (AvgIpc) is 3.04. The second-order valence-corrected chi connectivity index (χ2v) is 9.79. The van der Waals surface area contributed by atoms with Crippen LogP contribution in [-0.4, -0.2) is 28.8 Å². The Labute approximate surface area is 170 Å². The first kappa shape index (κ1) is 19.5. The number of aliphatic hydroxyl groups excluding tert-OH is 1. The van der Waals surface area contributed by atoms with Crippen molar-refractivity contribution in [2.75, 3.05) is 6.61 Å². The van der Waals surface area contributed by atoms with Gasteiger partial charge >= 0.3 is 0 Å². The van der Waals surface area contributed by atoms with E-state index in [1.165, 1.54) is 11.8 Å². The van der Waals surface area contributed by atoms with Gasteiger partial charge in [0, 0.05) is 17.5 Å². The standard InChI is InChI=1S/C22H28N2O3S/c1-13-20(28-16-7-5-4-6-8-16)19(27-24-13)21(26)23-18-14(9-10-25)11-15-12-17(18)22(15,2)3/h4-8,14-15,17-18,25H,9-12H2,1-3H3,(H,23,26)/t14-,15-,17-,18+/m0/s1. The molecule has 0 aliphatic heterocycles. The summed E-state index contributed by atoms with van der Waals surface area (Å²) in [7, 11) is 0. The van der Waals surface area contributed by atoms with E-state index in [1.54, 1.807) is 0 Å².